The van der Waals surface area contributed by atoms with E-state index in [4.69, 9.17) is 11.6 Å². The van der Waals surface area contributed by atoms with E-state index in [2.05, 4.69) is 15.0 Å². The molecule has 4 nitrogen and oxygen atoms in total. The number of fused-ring (bicyclic) bond motifs is 1. The van der Waals surface area contributed by atoms with Gasteiger partial charge in [0.15, 0.2) is 5.82 Å². The van der Waals surface area contributed by atoms with Gasteiger partial charge in [0.1, 0.15) is 5.69 Å². The van der Waals surface area contributed by atoms with Crippen molar-refractivity contribution in [3.05, 3.63) is 65.4 Å². The molecular weight excluding hydrogens is 377 g/mol. The molecule has 136 valence electrons. The van der Waals surface area contributed by atoms with E-state index in [1.54, 1.807) is 18.3 Å². The Kier molecular flexibility index (Phi) is 4.11. The molecule has 2 aromatic carbocycles. The van der Waals surface area contributed by atoms with Crippen LogP contribution in [0.5, 0.6) is 0 Å². The Morgan fingerprint density at radius 1 is 0.926 bits per heavy atom. The minimum atomic E-state index is -4.37. The summed E-state index contributed by atoms with van der Waals surface area (Å²) < 4.78 is 40.1. The number of nitrogens with zero attached hydrogens (tertiary/aromatic N) is 4. The van der Waals surface area contributed by atoms with Crippen LogP contribution in [0.15, 0.2) is 54.9 Å². The second-order valence-corrected chi connectivity index (χ2v) is 6.43. The summed E-state index contributed by atoms with van der Waals surface area (Å²) in [5.74, 6) is 0.591. The maximum atomic E-state index is 12.7. The second kappa shape index (κ2) is 6.35. The normalized spacial score (nSPS) is 11.9. The first-order valence-corrected chi connectivity index (χ1v) is 8.33. The lowest BCUT2D eigenvalue weighted by molar-refractivity contribution is -0.137. The van der Waals surface area contributed by atoms with E-state index in [1.807, 2.05) is 17.7 Å². The minimum Gasteiger partial charge on any atom is -0.326 e. The Balaban J connectivity index is 1.76. The van der Waals surface area contributed by atoms with Crippen LogP contribution >= 0.6 is 11.6 Å². The molecule has 0 fully saturated rings. The van der Waals surface area contributed by atoms with Crippen molar-refractivity contribution in [2.75, 3.05) is 0 Å². The van der Waals surface area contributed by atoms with E-state index >= 15 is 0 Å². The predicted molar refractivity (Wildman–Crippen MR) is 97.2 cm³/mol. The average Bonchev–Trinajstić information content (AvgIpc) is 2.97. The number of imidazole rings is 1. The van der Waals surface area contributed by atoms with E-state index in [0.29, 0.717) is 27.8 Å². The molecule has 8 heteroatoms. The summed E-state index contributed by atoms with van der Waals surface area (Å²) in [5, 5.41) is 0.580. The molecule has 0 aliphatic carbocycles. The zero-order chi connectivity index (χ0) is 19.2. The highest BCUT2D eigenvalue weighted by Crippen LogP contribution is 2.31. The average molecular weight is 389 g/mol. The summed E-state index contributed by atoms with van der Waals surface area (Å²) in [6.07, 6.45) is -1.30. The summed E-state index contributed by atoms with van der Waals surface area (Å²) >= 11 is 6.02. The third-order valence-electron chi connectivity index (χ3n) is 4.21. The van der Waals surface area contributed by atoms with Gasteiger partial charge < -0.3 is 4.57 Å². The van der Waals surface area contributed by atoms with Crippen molar-refractivity contribution >= 4 is 22.6 Å². The highest BCUT2D eigenvalue weighted by atomic mass is 35.5. The molecule has 2 aromatic heterocycles. The van der Waals surface area contributed by atoms with E-state index in [1.165, 1.54) is 18.3 Å². The molecule has 0 saturated carbocycles. The van der Waals surface area contributed by atoms with Crippen molar-refractivity contribution in [3.63, 3.8) is 0 Å². The standard InChI is InChI=1S/C19H12ClF3N4/c1-27-17-7-6-13(20)8-14(17)26-18(27)16-10-24-9-15(25-16)11-2-4-12(5-3-11)19(21,22)23/h2-10H,1H3. The van der Waals surface area contributed by atoms with Gasteiger partial charge in [0.05, 0.1) is 34.7 Å². The van der Waals surface area contributed by atoms with Crippen molar-refractivity contribution in [1.29, 1.82) is 0 Å². The van der Waals surface area contributed by atoms with Gasteiger partial charge in [0.25, 0.3) is 0 Å². The van der Waals surface area contributed by atoms with Crippen LogP contribution in [0.25, 0.3) is 33.8 Å². The number of alkyl halides is 3. The molecule has 0 radical (unpaired) electrons. The molecule has 0 amide bonds. The van der Waals surface area contributed by atoms with Crippen LogP contribution in [0.4, 0.5) is 13.2 Å². The Labute approximate surface area is 157 Å². The van der Waals surface area contributed by atoms with Crippen molar-refractivity contribution in [2.45, 2.75) is 6.18 Å². The molecule has 0 atom stereocenters. The van der Waals surface area contributed by atoms with Gasteiger partial charge in [-0.2, -0.15) is 13.2 Å². The molecule has 0 unspecified atom stereocenters. The van der Waals surface area contributed by atoms with Crippen LogP contribution in [0.3, 0.4) is 0 Å². The minimum absolute atomic E-state index is 0.464. The van der Waals surface area contributed by atoms with Crippen LogP contribution in [-0.2, 0) is 13.2 Å². The maximum absolute atomic E-state index is 12.7. The van der Waals surface area contributed by atoms with Gasteiger partial charge >= 0.3 is 6.18 Å². The monoisotopic (exact) mass is 388 g/mol. The van der Waals surface area contributed by atoms with E-state index in [9.17, 15) is 13.2 Å². The molecule has 0 aliphatic rings. The predicted octanol–water partition coefficient (Wildman–Crippen LogP) is 5.37. The van der Waals surface area contributed by atoms with E-state index in [0.717, 1.165) is 23.2 Å². The summed E-state index contributed by atoms with van der Waals surface area (Å²) in [4.78, 5) is 13.2. The van der Waals surface area contributed by atoms with Gasteiger partial charge in [-0.3, -0.25) is 4.98 Å². The number of hydrogen-bond acceptors (Lipinski definition) is 3. The first kappa shape index (κ1) is 17.5. The summed E-state index contributed by atoms with van der Waals surface area (Å²) in [6, 6.07) is 10.2. The van der Waals surface area contributed by atoms with Crippen molar-refractivity contribution in [2.24, 2.45) is 7.05 Å². The number of halogens is 4. The molecular formula is C19H12ClF3N4. The van der Waals surface area contributed by atoms with Gasteiger partial charge in [-0.25, -0.2) is 9.97 Å². The number of aromatic nitrogens is 4. The summed E-state index contributed by atoms with van der Waals surface area (Å²) in [5.41, 5.74) is 2.42. The number of rotatable bonds is 2. The lowest BCUT2D eigenvalue weighted by atomic mass is 10.1. The third-order valence-corrected chi connectivity index (χ3v) is 4.45. The van der Waals surface area contributed by atoms with Gasteiger partial charge in [0.2, 0.25) is 0 Å². The van der Waals surface area contributed by atoms with Gasteiger partial charge in [-0.15, -0.1) is 0 Å². The third kappa shape index (κ3) is 3.26. The second-order valence-electron chi connectivity index (χ2n) is 5.99. The topological polar surface area (TPSA) is 43.6 Å². The van der Waals surface area contributed by atoms with Crippen LogP contribution in [0, 0.1) is 0 Å². The van der Waals surface area contributed by atoms with Crippen molar-refractivity contribution in [1.82, 2.24) is 19.5 Å². The molecule has 2 heterocycles. The quantitative estimate of drug-likeness (QED) is 0.463. The number of aryl methyl sites for hydroxylation is 1. The highest BCUT2D eigenvalue weighted by molar-refractivity contribution is 6.31. The lowest BCUT2D eigenvalue weighted by Crippen LogP contribution is -2.04. The number of hydrogen-bond donors (Lipinski definition) is 0. The maximum Gasteiger partial charge on any atom is 0.416 e. The SMILES string of the molecule is Cn1c(-c2cncc(-c3ccc(C(F)(F)F)cc3)n2)nc2cc(Cl)ccc21. The molecule has 4 aromatic rings. The summed E-state index contributed by atoms with van der Waals surface area (Å²) in [7, 11) is 1.85. The Morgan fingerprint density at radius 2 is 1.63 bits per heavy atom. The van der Waals surface area contributed by atoms with Crippen molar-refractivity contribution < 1.29 is 13.2 Å². The fourth-order valence-electron chi connectivity index (χ4n) is 2.84. The molecule has 0 bridgehead atoms. The van der Waals surface area contributed by atoms with Gasteiger partial charge in [0, 0.05) is 17.6 Å². The van der Waals surface area contributed by atoms with Crippen LogP contribution in [-0.4, -0.2) is 19.5 Å². The Hall–Kier alpha value is -2.93. The largest absolute Gasteiger partial charge is 0.416 e. The first-order valence-electron chi connectivity index (χ1n) is 7.95. The molecule has 0 N–H and O–H groups in total. The van der Waals surface area contributed by atoms with Gasteiger partial charge in [-0.05, 0) is 30.3 Å². The Bertz CT molecular complexity index is 1130. The summed E-state index contributed by atoms with van der Waals surface area (Å²) in [6.45, 7) is 0. The molecule has 4 rings (SSSR count). The molecule has 27 heavy (non-hydrogen) atoms. The van der Waals surface area contributed by atoms with Crippen LogP contribution in [0.1, 0.15) is 5.56 Å². The fourth-order valence-corrected chi connectivity index (χ4v) is 3.01. The molecule has 0 spiro atoms. The van der Waals surface area contributed by atoms with Crippen LogP contribution in [0.2, 0.25) is 5.02 Å². The molecule has 0 aliphatic heterocycles. The van der Waals surface area contributed by atoms with E-state index < -0.39 is 11.7 Å². The smallest absolute Gasteiger partial charge is 0.326 e. The fraction of sp³-hybridized carbons (Fsp3) is 0.105. The zero-order valence-electron chi connectivity index (χ0n) is 14.0. The highest BCUT2D eigenvalue weighted by Gasteiger charge is 2.30. The van der Waals surface area contributed by atoms with Gasteiger partial charge in [-0.1, -0.05) is 23.7 Å². The molecule has 0 saturated heterocycles. The van der Waals surface area contributed by atoms with Crippen LogP contribution < -0.4 is 0 Å². The first-order chi connectivity index (χ1) is 12.8. The Morgan fingerprint density at radius 3 is 2.33 bits per heavy atom. The number of benzene rings is 2. The zero-order valence-corrected chi connectivity index (χ0v) is 14.8. The van der Waals surface area contributed by atoms with E-state index in [-0.39, 0.29) is 0 Å². The lowest BCUT2D eigenvalue weighted by Gasteiger charge is -2.08. The van der Waals surface area contributed by atoms with Crippen molar-refractivity contribution in [3.8, 4) is 22.8 Å².